The largest absolute Gasteiger partial charge is 0.465 e. The van der Waals surface area contributed by atoms with E-state index in [1.165, 1.54) is 28.6 Å². The Morgan fingerprint density at radius 1 is 0.919 bits per heavy atom. The lowest BCUT2D eigenvalue weighted by molar-refractivity contribution is -0.103. The number of nitrogens with two attached hydrogens (primary N) is 1. The number of amides is 1. The first kappa shape index (κ1) is 28.2. The molecule has 1 atom stereocenters. The summed E-state index contributed by atoms with van der Waals surface area (Å²) in [6.07, 6.45) is -1.41. The van der Waals surface area contributed by atoms with Crippen molar-refractivity contribution in [3.8, 4) is 0 Å². The topological polar surface area (TPSA) is 124 Å². The molecule has 3 rings (SSSR count). The molecule has 0 saturated heterocycles. The fourth-order valence-electron chi connectivity index (χ4n) is 4.21. The zero-order valence-corrected chi connectivity index (χ0v) is 22.0. The van der Waals surface area contributed by atoms with Gasteiger partial charge in [0.05, 0.1) is 11.4 Å². The van der Waals surface area contributed by atoms with Gasteiger partial charge in [0.25, 0.3) is 0 Å². The van der Waals surface area contributed by atoms with E-state index in [9.17, 15) is 23.4 Å². The summed E-state index contributed by atoms with van der Waals surface area (Å²) in [4.78, 5) is 13.5. The second kappa shape index (κ2) is 12.2. The molecule has 1 amide bonds. The summed E-state index contributed by atoms with van der Waals surface area (Å²) in [5, 5.41) is 22.1. The quantitative estimate of drug-likeness (QED) is 0.238. The summed E-state index contributed by atoms with van der Waals surface area (Å²) in [7, 11) is -3.91. The highest BCUT2D eigenvalue weighted by molar-refractivity contribution is 7.89. The van der Waals surface area contributed by atoms with E-state index in [0.717, 1.165) is 10.5 Å². The van der Waals surface area contributed by atoms with Crippen molar-refractivity contribution in [1.82, 2.24) is 9.21 Å². The van der Waals surface area contributed by atoms with Crippen LogP contribution < -0.4 is 5.73 Å². The van der Waals surface area contributed by atoms with Crippen molar-refractivity contribution in [2.45, 2.75) is 43.9 Å². The molecule has 0 radical (unpaired) electrons. The van der Waals surface area contributed by atoms with Gasteiger partial charge in [0.15, 0.2) is 0 Å². The predicted octanol–water partition coefficient (Wildman–Crippen LogP) is 4.42. The van der Waals surface area contributed by atoms with E-state index >= 15 is 0 Å². The van der Waals surface area contributed by atoms with Crippen LogP contribution in [0.4, 0.5) is 10.5 Å². The number of anilines is 1. The molecule has 3 aromatic rings. The number of rotatable bonds is 12. The molecule has 0 heterocycles. The second-order valence-electron chi connectivity index (χ2n) is 9.58. The highest BCUT2D eigenvalue weighted by Gasteiger charge is 2.39. The molecule has 0 fully saturated rings. The monoisotopic (exact) mass is 525 g/mol. The van der Waals surface area contributed by atoms with Crippen molar-refractivity contribution >= 4 is 21.8 Å². The van der Waals surface area contributed by atoms with Crippen LogP contribution in [0, 0.1) is 5.92 Å². The maximum atomic E-state index is 13.5. The Labute approximate surface area is 219 Å². The van der Waals surface area contributed by atoms with Gasteiger partial charge in [-0.25, -0.2) is 13.2 Å². The van der Waals surface area contributed by atoms with Gasteiger partial charge in [0.2, 0.25) is 10.0 Å². The van der Waals surface area contributed by atoms with Gasteiger partial charge in [-0.3, -0.25) is 4.90 Å². The minimum atomic E-state index is -3.91. The van der Waals surface area contributed by atoms with E-state index in [2.05, 4.69) is 0 Å². The number of hydrogen-bond acceptors (Lipinski definition) is 5. The maximum absolute atomic E-state index is 13.5. The normalized spacial score (nSPS) is 13.4. The first-order valence-electron chi connectivity index (χ1n) is 12.2. The summed E-state index contributed by atoms with van der Waals surface area (Å²) in [6.45, 7) is 3.89. The van der Waals surface area contributed by atoms with Crippen molar-refractivity contribution in [1.29, 1.82) is 0 Å². The molecule has 0 aliphatic carbocycles. The zero-order chi connectivity index (χ0) is 27.1. The number of hydrogen-bond donors (Lipinski definition) is 3. The van der Waals surface area contributed by atoms with Crippen LogP contribution in [0.5, 0.6) is 0 Å². The van der Waals surface area contributed by atoms with E-state index in [-0.39, 0.29) is 43.3 Å². The highest BCUT2D eigenvalue weighted by atomic mass is 32.2. The Morgan fingerprint density at radius 2 is 1.46 bits per heavy atom. The molecule has 0 saturated carbocycles. The van der Waals surface area contributed by atoms with Gasteiger partial charge >= 0.3 is 6.09 Å². The van der Waals surface area contributed by atoms with E-state index in [4.69, 9.17) is 5.73 Å². The van der Waals surface area contributed by atoms with Crippen LogP contribution in [0.2, 0.25) is 0 Å². The summed E-state index contributed by atoms with van der Waals surface area (Å²) < 4.78 is 28.4. The van der Waals surface area contributed by atoms with Gasteiger partial charge in [0, 0.05) is 31.6 Å². The second-order valence-corrected chi connectivity index (χ2v) is 11.5. The molecule has 0 spiro atoms. The Kier molecular flexibility index (Phi) is 9.31. The molecule has 0 bridgehead atoms. The van der Waals surface area contributed by atoms with Gasteiger partial charge in [-0.2, -0.15) is 4.31 Å². The summed E-state index contributed by atoms with van der Waals surface area (Å²) in [6, 6.07) is 24.0. The zero-order valence-electron chi connectivity index (χ0n) is 21.2. The molecule has 0 aliphatic heterocycles. The van der Waals surface area contributed by atoms with Crippen LogP contribution in [-0.4, -0.2) is 52.7 Å². The highest BCUT2D eigenvalue weighted by Crippen LogP contribution is 2.28. The lowest BCUT2D eigenvalue weighted by Crippen LogP contribution is -2.54. The predicted molar refractivity (Wildman–Crippen MR) is 144 cm³/mol. The molecule has 4 N–H and O–H groups in total. The smallest absolute Gasteiger partial charge is 0.409 e. The third-order valence-corrected chi connectivity index (χ3v) is 7.97. The molecule has 1 unspecified atom stereocenters. The lowest BCUT2D eigenvalue weighted by atomic mass is 9.96. The Hall–Kier alpha value is -3.40. The maximum Gasteiger partial charge on any atom is 0.409 e. The number of nitrogen functional groups attached to an aromatic ring is 1. The lowest BCUT2D eigenvalue weighted by Gasteiger charge is -2.39. The third-order valence-electron chi connectivity index (χ3n) is 6.10. The fourth-order valence-corrected chi connectivity index (χ4v) is 5.81. The van der Waals surface area contributed by atoms with Gasteiger partial charge in [0.1, 0.15) is 5.72 Å². The van der Waals surface area contributed by atoms with Crippen molar-refractivity contribution in [2.75, 3.05) is 18.8 Å². The van der Waals surface area contributed by atoms with Crippen molar-refractivity contribution < 1.29 is 23.4 Å². The average Bonchev–Trinajstić information content (AvgIpc) is 2.86. The third kappa shape index (κ3) is 7.55. The summed E-state index contributed by atoms with van der Waals surface area (Å²) >= 11 is 0. The SMILES string of the molecule is CC(C)CN(CCC(O)(Cc1ccccc1)N(Cc1ccccc1)C(=O)O)S(=O)(=O)c1ccc(N)cc1. The number of nitrogens with zero attached hydrogens (tertiary/aromatic N) is 2. The van der Waals surface area contributed by atoms with Crippen molar-refractivity contribution in [2.24, 2.45) is 5.92 Å². The molecule has 9 heteroatoms. The van der Waals surface area contributed by atoms with Gasteiger partial charge in [-0.1, -0.05) is 74.5 Å². The van der Waals surface area contributed by atoms with E-state index in [1.54, 1.807) is 24.3 Å². The average molecular weight is 526 g/mol. The van der Waals surface area contributed by atoms with Crippen LogP contribution in [0.1, 0.15) is 31.4 Å². The molecule has 8 nitrogen and oxygen atoms in total. The standard InChI is InChI=1S/C28H35N3O5S/c1-22(2)20-30(37(35,36)26-15-13-25(29)14-16-26)18-17-28(34,19-23-9-5-3-6-10-23)31(27(32)33)21-24-11-7-4-8-12-24/h3-16,22,34H,17-21,29H2,1-2H3,(H,32,33). The first-order valence-corrected chi connectivity index (χ1v) is 13.6. The number of aliphatic hydroxyl groups is 1. The van der Waals surface area contributed by atoms with Crippen molar-refractivity contribution in [3.63, 3.8) is 0 Å². The van der Waals surface area contributed by atoms with Crippen LogP contribution in [-0.2, 0) is 23.0 Å². The van der Waals surface area contributed by atoms with Crippen LogP contribution in [0.25, 0.3) is 0 Å². The van der Waals surface area contributed by atoms with Crippen LogP contribution in [0.3, 0.4) is 0 Å². The number of sulfonamides is 1. The number of carbonyl (C=O) groups is 1. The molecule has 0 aliphatic rings. The van der Waals surface area contributed by atoms with Crippen LogP contribution >= 0.6 is 0 Å². The number of carboxylic acid groups (broad SMARTS) is 1. The Bertz CT molecular complexity index is 1250. The first-order chi connectivity index (χ1) is 17.5. The van der Waals surface area contributed by atoms with Gasteiger partial charge in [-0.15, -0.1) is 0 Å². The molecule has 3 aromatic carbocycles. The summed E-state index contributed by atoms with van der Waals surface area (Å²) in [5.41, 5.74) is 5.77. The van der Waals surface area contributed by atoms with Gasteiger partial charge < -0.3 is 15.9 Å². The fraction of sp³-hybridized carbons (Fsp3) is 0.321. The van der Waals surface area contributed by atoms with Crippen LogP contribution in [0.15, 0.2) is 89.8 Å². The van der Waals surface area contributed by atoms with Gasteiger partial charge in [-0.05, 0) is 41.3 Å². The number of benzene rings is 3. The Morgan fingerprint density at radius 3 is 1.97 bits per heavy atom. The molecule has 37 heavy (non-hydrogen) atoms. The van der Waals surface area contributed by atoms with Crippen molar-refractivity contribution in [3.05, 3.63) is 96.1 Å². The molecule has 198 valence electrons. The van der Waals surface area contributed by atoms with E-state index in [1.807, 2.05) is 50.2 Å². The van der Waals surface area contributed by atoms with E-state index < -0.39 is 21.8 Å². The Balaban J connectivity index is 1.96. The molecular weight excluding hydrogens is 490 g/mol. The molecule has 0 aromatic heterocycles. The van der Waals surface area contributed by atoms with E-state index in [0.29, 0.717) is 11.3 Å². The minimum absolute atomic E-state index is 0.00438. The summed E-state index contributed by atoms with van der Waals surface area (Å²) in [5.74, 6) is 0.00525. The minimum Gasteiger partial charge on any atom is -0.465 e. The molecular formula is C28H35N3O5S.